The number of rotatable bonds is 1. The zero-order valence-electron chi connectivity index (χ0n) is 8.78. The molecule has 0 aliphatic heterocycles. The molecule has 1 aromatic heterocycles. The van der Waals surface area contributed by atoms with E-state index >= 15 is 0 Å². The fraction of sp³-hybridized carbons (Fsp3) is 0. The van der Waals surface area contributed by atoms with Gasteiger partial charge in [-0.1, -0.05) is 30.3 Å². The summed E-state index contributed by atoms with van der Waals surface area (Å²) in [5, 5.41) is 5.80. The van der Waals surface area contributed by atoms with Crippen LogP contribution in [0.4, 0.5) is 0 Å². The van der Waals surface area contributed by atoms with Crippen molar-refractivity contribution in [3.05, 3.63) is 59.1 Å². The third-order valence-corrected chi connectivity index (χ3v) is 2.46. The molecule has 3 aromatic rings. The second-order valence-corrected chi connectivity index (χ2v) is 3.46. The van der Waals surface area contributed by atoms with Crippen molar-refractivity contribution in [1.29, 1.82) is 0 Å². The molecule has 0 aliphatic rings. The van der Waals surface area contributed by atoms with Gasteiger partial charge in [-0.2, -0.15) is 0 Å². The summed E-state index contributed by atoms with van der Waals surface area (Å²) in [7, 11) is 0. The van der Waals surface area contributed by atoms with Crippen LogP contribution < -0.4 is 21.7 Å². The lowest BCUT2D eigenvalue weighted by atomic mass is 10.1. The van der Waals surface area contributed by atoms with Crippen LogP contribution in [0.5, 0.6) is 0 Å². The molecule has 0 bridgehead atoms. The monoisotopic (exact) mass is 226 g/mol. The summed E-state index contributed by atoms with van der Waals surface area (Å²) >= 11 is 0. The highest BCUT2D eigenvalue weighted by molar-refractivity contribution is 5.88. The molecular weight excluding hydrogens is 218 g/mol. The Morgan fingerprint density at radius 1 is 1.06 bits per heavy atom. The number of fused-ring (bicyclic) bond motifs is 1. The van der Waals surface area contributed by atoms with Crippen LogP contribution in [0.2, 0.25) is 0 Å². The Hall–Kier alpha value is -2.40. The van der Waals surface area contributed by atoms with Crippen LogP contribution in [0.15, 0.2) is 58.0 Å². The Kier molecular flexibility index (Phi) is 2.76. The van der Waals surface area contributed by atoms with Gasteiger partial charge in [0.1, 0.15) is 0 Å². The highest BCUT2D eigenvalue weighted by atomic mass is 16.5. The van der Waals surface area contributed by atoms with Gasteiger partial charge in [0, 0.05) is 12.2 Å². The molecule has 1 heterocycles. The smallest absolute Gasteiger partial charge is 0.389 e. The largest absolute Gasteiger partial charge is 0.471 e. The van der Waals surface area contributed by atoms with Gasteiger partial charge in [0.05, 0.1) is 5.39 Å². The molecule has 0 N–H and O–H groups in total. The van der Waals surface area contributed by atoms with Crippen LogP contribution in [0.3, 0.4) is 0 Å². The Morgan fingerprint density at radius 2 is 1.82 bits per heavy atom. The van der Waals surface area contributed by atoms with E-state index in [1.165, 1.54) is 10.9 Å². The van der Waals surface area contributed by atoms with E-state index in [-0.39, 0.29) is 6.15 Å². The van der Waals surface area contributed by atoms with Crippen molar-refractivity contribution in [1.82, 2.24) is 11.4 Å². The van der Waals surface area contributed by atoms with Gasteiger partial charge in [0.25, 0.3) is 6.20 Å². The van der Waals surface area contributed by atoms with Gasteiger partial charge < -0.3 is 4.52 Å². The van der Waals surface area contributed by atoms with Gasteiger partial charge >= 0.3 is 5.63 Å². The molecule has 0 spiro atoms. The molecule has 0 atom stereocenters. The van der Waals surface area contributed by atoms with E-state index < -0.39 is 5.63 Å². The second kappa shape index (κ2) is 4.23. The lowest BCUT2D eigenvalue weighted by Crippen LogP contribution is -2.34. The molecule has 0 unspecified atom stereocenters. The first-order valence-corrected chi connectivity index (χ1v) is 4.88. The van der Waals surface area contributed by atoms with Crippen molar-refractivity contribution >= 4 is 10.8 Å². The second-order valence-electron chi connectivity index (χ2n) is 3.46. The maximum absolute atomic E-state index is 10.9. The van der Waals surface area contributed by atoms with Crippen LogP contribution in [0, 0.1) is 0 Å². The summed E-state index contributed by atoms with van der Waals surface area (Å²) in [5.41, 5.74) is 0.386. The van der Waals surface area contributed by atoms with Gasteiger partial charge in [0.15, 0.2) is 0 Å². The highest BCUT2D eigenvalue weighted by Gasteiger charge is 2.08. The minimum atomic E-state index is -0.451. The first kappa shape index (κ1) is 11.1. The quantitative estimate of drug-likeness (QED) is 0.568. The average Bonchev–Trinajstić information content (AvgIpc) is 2.75. The maximum Gasteiger partial charge on any atom is 0.389 e. The lowest BCUT2D eigenvalue weighted by molar-refractivity contribution is -0.675. The van der Waals surface area contributed by atoms with E-state index in [9.17, 15) is 4.79 Å². The molecule has 83 valence electrons. The lowest BCUT2D eigenvalue weighted by Gasteiger charge is -2.01. The predicted octanol–water partition coefficient (Wildman–Crippen LogP) is 0.546. The molecule has 0 saturated carbocycles. The number of nitrogens with zero attached hydrogens (tertiary/aromatic N) is 3. The molecule has 2 aromatic carbocycles. The number of aromatic nitrogens is 2. The van der Waals surface area contributed by atoms with Crippen molar-refractivity contribution in [2.24, 2.45) is 0 Å². The zero-order valence-corrected chi connectivity index (χ0v) is 8.78. The average molecular weight is 226 g/mol. The van der Waals surface area contributed by atoms with Crippen LogP contribution in [0.1, 0.15) is 0 Å². The minimum Gasteiger partial charge on any atom is -0.471 e. The van der Waals surface area contributed by atoms with E-state index in [0.29, 0.717) is 0 Å². The van der Waals surface area contributed by atoms with Crippen LogP contribution >= 0.6 is 0 Å². The van der Waals surface area contributed by atoms with Crippen molar-refractivity contribution in [2.75, 3.05) is 0 Å². The summed E-state index contributed by atoms with van der Waals surface area (Å²) in [6, 6.07) is 13.7. The van der Waals surface area contributed by atoms with Crippen LogP contribution in [-0.2, 0) is 0 Å². The molecule has 3 radical (unpaired) electrons. The highest BCUT2D eigenvalue weighted by Crippen LogP contribution is 2.17. The van der Waals surface area contributed by atoms with Crippen LogP contribution in [0.25, 0.3) is 16.5 Å². The summed E-state index contributed by atoms with van der Waals surface area (Å²) in [5.74, 6) is 0. The molecule has 0 amide bonds. The standard InChI is InChI=1S/C12H8N2O2.N/c15-12-8-14(13-16-12)11-7-3-5-9-4-1-2-6-10(9)11;/h1-8H;. The fourth-order valence-corrected chi connectivity index (χ4v) is 1.75. The van der Waals surface area contributed by atoms with E-state index in [0.717, 1.165) is 16.5 Å². The van der Waals surface area contributed by atoms with Crippen molar-refractivity contribution in [3.63, 3.8) is 0 Å². The summed E-state index contributed by atoms with van der Waals surface area (Å²) in [6.45, 7) is 0. The minimum absolute atomic E-state index is 0. The molecule has 0 saturated heterocycles. The molecule has 5 nitrogen and oxygen atoms in total. The molecule has 0 fully saturated rings. The number of benzene rings is 2. The molecule has 17 heavy (non-hydrogen) atoms. The SMILES string of the molecule is O=c1c[n+](-c2cccc3ccccc23)[n-]o1.[N]. The van der Waals surface area contributed by atoms with Gasteiger partial charge in [0.2, 0.25) is 5.69 Å². The van der Waals surface area contributed by atoms with Crippen molar-refractivity contribution in [2.45, 2.75) is 0 Å². The van der Waals surface area contributed by atoms with Crippen molar-refractivity contribution in [3.8, 4) is 5.69 Å². The Bertz CT molecular complexity index is 695. The third-order valence-electron chi connectivity index (χ3n) is 2.46. The molecule has 5 heteroatoms. The van der Waals surface area contributed by atoms with Gasteiger partial charge in [-0.3, -0.25) is 0 Å². The normalized spacial score (nSPS) is 10.1. The predicted molar refractivity (Wildman–Crippen MR) is 59.5 cm³/mol. The van der Waals surface area contributed by atoms with Gasteiger partial charge in [-0.25, -0.2) is 14.7 Å². The number of hydrogen-bond acceptors (Lipinski definition) is 2. The maximum atomic E-state index is 10.9. The topological polar surface area (TPSA) is 78.7 Å². The summed E-state index contributed by atoms with van der Waals surface area (Å²) in [4.78, 5) is 10.9. The molecular formula is C12H8N3O2. The first-order chi connectivity index (χ1) is 7.84. The van der Waals surface area contributed by atoms with Crippen LogP contribution in [-0.4, -0.2) is 0 Å². The first-order valence-electron chi connectivity index (χ1n) is 4.88. The van der Waals surface area contributed by atoms with E-state index in [4.69, 9.17) is 0 Å². The van der Waals surface area contributed by atoms with E-state index in [1.807, 2.05) is 42.5 Å². The molecule has 3 rings (SSSR count). The van der Waals surface area contributed by atoms with Gasteiger partial charge in [-0.15, -0.1) is 0 Å². The van der Waals surface area contributed by atoms with E-state index in [1.54, 1.807) is 0 Å². The summed E-state index contributed by atoms with van der Waals surface area (Å²) < 4.78 is 5.97. The fourth-order valence-electron chi connectivity index (χ4n) is 1.75. The zero-order chi connectivity index (χ0) is 11.0. The Morgan fingerprint density at radius 3 is 2.59 bits per heavy atom. The number of hydrogen-bond donors (Lipinski definition) is 0. The molecule has 0 aliphatic carbocycles. The van der Waals surface area contributed by atoms with Gasteiger partial charge in [-0.05, 0) is 11.5 Å². The van der Waals surface area contributed by atoms with Crippen molar-refractivity contribution < 1.29 is 9.20 Å². The Labute approximate surface area is 96.8 Å². The third kappa shape index (κ3) is 1.83. The Balaban J connectivity index is 0.00000108. The summed E-state index contributed by atoms with van der Waals surface area (Å²) in [6.07, 6.45) is 1.32. The van der Waals surface area contributed by atoms with E-state index in [2.05, 4.69) is 9.79 Å².